The highest BCUT2D eigenvalue weighted by Crippen LogP contribution is 2.33. The molecule has 0 aromatic carbocycles. The van der Waals surface area contributed by atoms with E-state index in [1.807, 2.05) is 0 Å². The Bertz CT molecular complexity index is 314. The van der Waals surface area contributed by atoms with Gasteiger partial charge < -0.3 is 5.32 Å². The summed E-state index contributed by atoms with van der Waals surface area (Å²) >= 11 is 0. The Hall–Kier alpha value is -0.830. The molecule has 94 valence electrons. The SMILES string of the molecule is c1c(C2CCCCC2)n[nH]c1C1CCNCC1. The van der Waals surface area contributed by atoms with E-state index in [0.29, 0.717) is 5.92 Å². The summed E-state index contributed by atoms with van der Waals surface area (Å²) in [7, 11) is 0. The minimum absolute atomic E-state index is 0.709. The van der Waals surface area contributed by atoms with E-state index in [1.54, 1.807) is 0 Å². The molecule has 1 aromatic heterocycles. The first-order chi connectivity index (χ1) is 8.43. The van der Waals surface area contributed by atoms with Crippen LogP contribution in [0.2, 0.25) is 0 Å². The predicted octanol–water partition coefficient (Wildman–Crippen LogP) is 2.92. The molecule has 3 heteroatoms. The number of H-pyrrole nitrogens is 1. The summed E-state index contributed by atoms with van der Waals surface area (Å²) < 4.78 is 0. The predicted molar refractivity (Wildman–Crippen MR) is 69.3 cm³/mol. The van der Waals surface area contributed by atoms with Crippen molar-refractivity contribution >= 4 is 0 Å². The molecular weight excluding hydrogens is 210 g/mol. The number of aromatic nitrogens is 2. The number of hydrogen-bond acceptors (Lipinski definition) is 2. The van der Waals surface area contributed by atoms with Crippen molar-refractivity contribution in [1.82, 2.24) is 15.5 Å². The molecule has 0 amide bonds. The van der Waals surface area contributed by atoms with Crippen LogP contribution in [0.15, 0.2) is 6.07 Å². The van der Waals surface area contributed by atoms with Crippen molar-refractivity contribution in [3.63, 3.8) is 0 Å². The van der Waals surface area contributed by atoms with Crippen LogP contribution in [0.4, 0.5) is 0 Å². The monoisotopic (exact) mass is 233 g/mol. The number of nitrogens with zero attached hydrogens (tertiary/aromatic N) is 1. The third-order valence-electron chi connectivity index (χ3n) is 4.42. The third kappa shape index (κ3) is 2.54. The second kappa shape index (κ2) is 5.21. The summed E-state index contributed by atoms with van der Waals surface area (Å²) in [6, 6.07) is 2.35. The van der Waals surface area contributed by atoms with Crippen molar-refractivity contribution in [2.45, 2.75) is 56.8 Å². The lowest BCUT2D eigenvalue weighted by molar-refractivity contribution is 0.436. The number of piperidine rings is 1. The van der Waals surface area contributed by atoms with Gasteiger partial charge in [-0.2, -0.15) is 5.10 Å². The van der Waals surface area contributed by atoms with Crippen LogP contribution in [0.3, 0.4) is 0 Å². The van der Waals surface area contributed by atoms with Gasteiger partial charge in [0.2, 0.25) is 0 Å². The normalized spacial score (nSPS) is 24.0. The summed E-state index contributed by atoms with van der Waals surface area (Å²) in [5.74, 6) is 1.44. The van der Waals surface area contributed by atoms with Gasteiger partial charge in [0.25, 0.3) is 0 Å². The van der Waals surface area contributed by atoms with Crippen molar-refractivity contribution in [1.29, 1.82) is 0 Å². The zero-order valence-electron chi connectivity index (χ0n) is 10.5. The second-order valence-electron chi connectivity index (χ2n) is 5.61. The first-order valence-corrected chi connectivity index (χ1v) is 7.19. The molecule has 1 aliphatic carbocycles. The largest absolute Gasteiger partial charge is 0.317 e. The summed E-state index contributed by atoms with van der Waals surface area (Å²) in [5.41, 5.74) is 2.71. The maximum atomic E-state index is 4.57. The second-order valence-corrected chi connectivity index (χ2v) is 5.61. The Kier molecular flexibility index (Phi) is 3.46. The van der Waals surface area contributed by atoms with Crippen LogP contribution in [-0.4, -0.2) is 23.3 Å². The zero-order valence-corrected chi connectivity index (χ0v) is 10.5. The summed E-state index contributed by atoms with van der Waals surface area (Å²) in [4.78, 5) is 0. The topological polar surface area (TPSA) is 40.7 Å². The van der Waals surface area contributed by atoms with Crippen molar-refractivity contribution in [3.8, 4) is 0 Å². The average Bonchev–Trinajstić information content (AvgIpc) is 2.90. The van der Waals surface area contributed by atoms with Crippen molar-refractivity contribution in [3.05, 3.63) is 17.5 Å². The molecule has 1 aliphatic heterocycles. The van der Waals surface area contributed by atoms with Crippen LogP contribution in [0.5, 0.6) is 0 Å². The molecule has 0 radical (unpaired) electrons. The molecule has 0 spiro atoms. The van der Waals surface area contributed by atoms with E-state index in [1.165, 1.54) is 56.3 Å². The molecule has 3 nitrogen and oxygen atoms in total. The average molecular weight is 233 g/mol. The molecular formula is C14H23N3. The maximum absolute atomic E-state index is 4.57. The van der Waals surface area contributed by atoms with E-state index in [4.69, 9.17) is 0 Å². The van der Waals surface area contributed by atoms with Gasteiger partial charge in [0.15, 0.2) is 0 Å². The summed E-state index contributed by atoms with van der Waals surface area (Å²) in [5, 5.41) is 11.3. The van der Waals surface area contributed by atoms with Gasteiger partial charge >= 0.3 is 0 Å². The van der Waals surface area contributed by atoms with Crippen molar-refractivity contribution in [2.24, 2.45) is 0 Å². The van der Waals surface area contributed by atoms with E-state index in [9.17, 15) is 0 Å². The highest BCUT2D eigenvalue weighted by Gasteiger charge is 2.21. The van der Waals surface area contributed by atoms with Crippen LogP contribution in [0, 0.1) is 0 Å². The summed E-state index contributed by atoms with van der Waals surface area (Å²) in [6.07, 6.45) is 9.40. The fraction of sp³-hybridized carbons (Fsp3) is 0.786. The highest BCUT2D eigenvalue weighted by atomic mass is 15.1. The Morgan fingerprint density at radius 3 is 2.47 bits per heavy atom. The van der Waals surface area contributed by atoms with Crippen LogP contribution < -0.4 is 5.32 Å². The summed E-state index contributed by atoms with van der Waals surface area (Å²) in [6.45, 7) is 2.31. The first-order valence-electron chi connectivity index (χ1n) is 7.19. The van der Waals surface area contributed by atoms with Gasteiger partial charge in [-0.05, 0) is 44.8 Å². The molecule has 2 aliphatic rings. The van der Waals surface area contributed by atoms with Gasteiger partial charge in [-0.25, -0.2) is 0 Å². The molecule has 0 atom stereocenters. The highest BCUT2D eigenvalue weighted by molar-refractivity contribution is 5.17. The van der Waals surface area contributed by atoms with Crippen molar-refractivity contribution in [2.75, 3.05) is 13.1 Å². The minimum atomic E-state index is 0.709. The number of nitrogens with one attached hydrogen (secondary N) is 2. The molecule has 1 aromatic rings. The van der Waals surface area contributed by atoms with Crippen LogP contribution >= 0.6 is 0 Å². The van der Waals surface area contributed by atoms with E-state index in [2.05, 4.69) is 21.6 Å². The lowest BCUT2D eigenvalue weighted by Crippen LogP contribution is -2.26. The molecule has 0 bridgehead atoms. The van der Waals surface area contributed by atoms with Gasteiger partial charge in [-0.15, -0.1) is 0 Å². The molecule has 3 rings (SSSR count). The first kappa shape index (κ1) is 11.3. The van der Waals surface area contributed by atoms with Crippen molar-refractivity contribution < 1.29 is 0 Å². The van der Waals surface area contributed by atoms with E-state index >= 15 is 0 Å². The number of rotatable bonds is 2. The van der Waals surface area contributed by atoms with Crippen LogP contribution in [0.25, 0.3) is 0 Å². The van der Waals surface area contributed by atoms with Crippen LogP contribution in [-0.2, 0) is 0 Å². The van der Waals surface area contributed by atoms with Gasteiger partial charge in [-0.1, -0.05) is 19.3 Å². The Morgan fingerprint density at radius 1 is 0.941 bits per heavy atom. The molecule has 2 N–H and O–H groups in total. The standard InChI is InChI=1S/C14H23N3/c1-2-4-11(5-3-1)13-10-14(17-16-13)12-6-8-15-9-7-12/h10-12,15H,1-9H2,(H,16,17). The number of aromatic amines is 1. The van der Waals surface area contributed by atoms with Crippen LogP contribution in [0.1, 0.15) is 68.2 Å². The fourth-order valence-electron chi connectivity index (χ4n) is 3.30. The Labute approximate surface area is 103 Å². The molecule has 1 saturated heterocycles. The fourth-order valence-corrected chi connectivity index (χ4v) is 3.30. The quantitative estimate of drug-likeness (QED) is 0.824. The molecule has 0 unspecified atom stereocenters. The maximum Gasteiger partial charge on any atom is 0.0655 e. The van der Waals surface area contributed by atoms with Gasteiger partial charge in [0, 0.05) is 17.5 Å². The van der Waals surface area contributed by atoms with Gasteiger partial charge in [0.1, 0.15) is 0 Å². The van der Waals surface area contributed by atoms with E-state index < -0.39 is 0 Å². The molecule has 2 heterocycles. The minimum Gasteiger partial charge on any atom is -0.317 e. The lowest BCUT2D eigenvalue weighted by atomic mass is 9.86. The Morgan fingerprint density at radius 2 is 1.71 bits per heavy atom. The molecule has 1 saturated carbocycles. The molecule has 17 heavy (non-hydrogen) atoms. The number of hydrogen-bond donors (Lipinski definition) is 2. The molecule has 2 fully saturated rings. The van der Waals surface area contributed by atoms with E-state index in [-0.39, 0.29) is 0 Å². The van der Waals surface area contributed by atoms with Gasteiger partial charge in [0.05, 0.1) is 5.69 Å². The van der Waals surface area contributed by atoms with Gasteiger partial charge in [-0.3, -0.25) is 5.10 Å². The Balaban J connectivity index is 1.68. The zero-order chi connectivity index (χ0) is 11.5. The lowest BCUT2D eigenvalue weighted by Gasteiger charge is -2.21. The smallest absolute Gasteiger partial charge is 0.0655 e. The van der Waals surface area contributed by atoms with E-state index in [0.717, 1.165) is 19.0 Å². The third-order valence-corrected chi connectivity index (χ3v) is 4.42.